The van der Waals surface area contributed by atoms with Gasteiger partial charge in [0.2, 0.25) is 0 Å². The monoisotopic (exact) mass is 401 g/mol. The van der Waals surface area contributed by atoms with E-state index in [0.29, 0.717) is 25.8 Å². The van der Waals surface area contributed by atoms with Crippen LogP contribution in [0.25, 0.3) is 0 Å². The van der Waals surface area contributed by atoms with Gasteiger partial charge in [0.05, 0.1) is 12.0 Å². The largest absolute Gasteiger partial charge is 0.466 e. The van der Waals surface area contributed by atoms with E-state index >= 15 is 0 Å². The van der Waals surface area contributed by atoms with Gasteiger partial charge in [-0.3, -0.25) is 19.5 Å². The van der Waals surface area contributed by atoms with Crippen molar-refractivity contribution < 1.29 is 23.5 Å². The van der Waals surface area contributed by atoms with Gasteiger partial charge < -0.3 is 9.64 Å². The van der Waals surface area contributed by atoms with Crippen molar-refractivity contribution >= 4 is 17.7 Å². The van der Waals surface area contributed by atoms with Crippen molar-refractivity contribution in [1.29, 1.82) is 0 Å². The number of rotatable bonds is 6. The summed E-state index contributed by atoms with van der Waals surface area (Å²) in [5, 5.41) is 6.46. The molecule has 1 unspecified atom stereocenters. The number of hydrogen-bond donors (Lipinski definition) is 1. The lowest BCUT2D eigenvalue weighted by atomic mass is 9.75. The van der Waals surface area contributed by atoms with Crippen molar-refractivity contribution in [3.05, 3.63) is 53.1 Å². The van der Waals surface area contributed by atoms with E-state index in [0.717, 1.165) is 5.56 Å². The lowest BCUT2D eigenvalue weighted by Crippen LogP contribution is -2.51. The number of nitrogens with zero attached hydrogens (tertiary/aromatic N) is 2. The Bertz CT molecular complexity index is 909. The number of aromatic amines is 1. The lowest BCUT2D eigenvalue weighted by Gasteiger charge is -2.41. The molecule has 1 amide bonds. The van der Waals surface area contributed by atoms with E-state index in [9.17, 15) is 18.8 Å². The van der Waals surface area contributed by atoms with Gasteiger partial charge in [-0.15, -0.1) is 0 Å². The molecule has 0 spiro atoms. The van der Waals surface area contributed by atoms with E-state index < -0.39 is 5.41 Å². The fourth-order valence-electron chi connectivity index (χ4n) is 3.75. The first-order valence-corrected chi connectivity index (χ1v) is 9.62. The highest BCUT2D eigenvalue weighted by atomic mass is 19.1. The van der Waals surface area contributed by atoms with Gasteiger partial charge in [-0.25, -0.2) is 4.39 Å². The molecule has 0 bridgehead atoms. The molecule has 154 valence electrons. The van der Waals surface area contributed by atoms with Crippen LogP contribution in [0.5, 0.6) is 0 Å². The molecule has 7 nitrogen and oxygen atoms in total. The Morgan fingerprint density at radius 3 is 2.62 bits per heavy atom. The third kappa shape index (κ3) is 4.52. The molecule has 0 saturated carbocycles. The number of ether oxygens (including phenoxy) is 1. The average Bonchev–Trinajstić information content (AvgIpc) is 3.20. The minimum absolute atomic E-state index is 0.177. The number of H-pyrrole nitrogens is 1. The number of carbonyl (C=O) groups is 3. The Hall–Kier alpha value is -3.03. The minimum Gasteiger partial charge on any atom is -0.466 e. The number of hydrogen-bond acceptors (Lipinski definition) is 5. The van der Waals surface area contributed by atoms with Crippen molar-refractivity contribution in [3.63, 3.8) is 0 Å². The van der Waals surface area contributed by atoms with Crippen LogP contribution in [0.15, 0.2) is 30.3 Å². The predicted molar refractivity (Wildman–Crippen MR) is 103 cm³/mol. The molecule has 0 aliphatic carbocycles. The van der Waals surface area contributed by atoms with Gasteiger partial charge in [0, 0.05) is 20.0 Å². The Kier molecular flexibility index (Phi) is 6.10. The zero-order valence-corrected chi connectivity index (χ0v) is 16.5. The fraction of sp³-hybridized carbons (Fsp3) is 0.429. The van der Waals surface area contributed by atoms with Crippen LogP contribution in [0.2, 0.25) is 0 Å². The van der Waals surface area contributed by atoms with E-state index in [1.807, 2.05) is 0 Å². The van der Waals surface area contributed by atoms with Gasteiger partial charge in [-0.05, 0) is 49.9 Å². The van der Waals surface area contributed by atoms with Gasteiger partial charge >= 0.3 is 5.97 Å². The fourth-order valence-corrected chi connectivity index (χ4v) is 3.75. The van der Waals surface area contributed by atoms with E-state index in [4.69, 9.17) is 4.74 Å². The summed E-state index contributed by atoms with van der Waals surface area (Å²) in [6.45, 7) is 4.01. The summed E-state index contributed by atoms with van der Waals surface area (Å²) in [6, 6.07) is 7.42. The number of Topliss-reactive ketones (excluding diaryl/α,β-unsaturated/α-hetero) is 1. The molecule has 0 radical (unpaired) electrons. The molecule has 1 saturated heterocycles. The van der Waals surface area contributed by atoms with Crippen molar-refractivity contribution in [2.24, 2.45) is 5.41 Å². The summed E-state index contributed by atoms with van der Waals surface area (Å²) < 4.78 is 18.6. The molecule has 29 heavy (non-hydrogen) atoms. The first-order valence-electron chi connectivity index (χ1n) is 9.62. The van der Waals surface area contributed by atoms with Crippen LogP contribution in [0.3, 0.4) is 0 Å². The van der Waals surface area contributed by atoms with Crippen molar-refractivity contribution in [2.45, 2.75) is 33.1 Å². The third-order valence-corrected chi connectivity index (χ3v) is 5.20. The van der Waals surface area contributed by atoms with Crippen molar-refractivity contribution in [3.8, 4) is 0 Å². The Morgan fingerprint density at radius 1 is 1.28 bits per heavy atom. The van der Waals surface area contributed by atoms with Crippen LogP contribution in [0.4, 0.5) is 4.39 Å². The number of benzene rings is 1. The van der Waals surface area contributed by atoms with Crippen LogP contribution in [-0.2, 0) is 16.0 Å². The SMILES string of the molecule is CCOC(=O)C1(Cc2ccc(F)cc2)CCCN(C(=O)c2cc(C(C)=O)n[nH]2)C1. The lowest BCUT2D eigenvalue weighted by molar-refractivity contribution is -0.158. The molecule has 1 N–H and O–H groups in total. The van der Waals surface area contributed by atoms with Crippen molar-refractivity contribution in [2.75, 3.05) is 19.7 Å². The van der Waals surface area contributed by atoms with Gasteiger partial charge in [-0.2, -0.15) is 5.10 Å². The highest BCUT2D eigenvalue weighted by molar-refractivity contribution is 5.97. The van der Waals surface area contributed by atoms with E-state index in [-0.39, 0.29) is 48.0 Å². The number of nitrogens with one attached hydrogen (secondary N) is 1. The van der Waals surface area contributed by atoms with Gasteiger partial charge in [0.1, 0.15) is 17.2 Å². The number of carbonyl (C=O) groups excluding carboxylic acids is 3. The molecule has 8 heteroatoms. The van der Waals surface area contributed by atoms with Crippen LogP contribution >= 0.6 is 0 Å². The number of esters is 1. The quantitative estimate of drug-likeness (QED) is 0.594. The summed E-state index contributed by atoms with van der Waals surface area (Å²) >= 11 is 0. The number of piperidine rings is 1. The number of halogens is 1. The van der Waals surface area contributed by atoms with Crippen LogP contribution in [0.1, 0.15) is 53.2 Å². The first kappa shape index (κ1) is 20.7. The molecule has 2 aromatic rings. The number of aromatic nitrogens is 2. The van der Waals surface area contributed by atoms with E-state index in [1.54, 1.807) is 24.0 Å². The zero-order valence-electron chi connectivity index (χ0n) is 16.5. The van der Waals surface area contributed by atoms with E-state index in [2.05, 4.69) is 10.2 Å². The molecule has 1 aliphatic heterocycles. The summed E-state index contributed by atoms with van der Waals surface area (Å²) in [5.41, 5.74) is 0.282. The van der Waals surface area contributed by atoms with Crippen LogP contribution in [-0.4, -0.2) is 52.5 Å². The second-order valence-electron chi connectivity index (χ2n) is 7.36. The maximum Gasteiger partial charge on any atom is 0.314 e. The second-order valence-corrected chi connectivity index (χ2v) is 7.36. The standard InChI is InChI=1S/C21H24FN3O4/c1-3-29-20(28)21(12-15-5-7-16(22)8-6-15)9-4-10-25(13-21)19(27)18-11-17(14(2)26)23-24-18/h5-8,11H,3-4,9-10,12-13H2,1-2H3,(H,23,24). The molecule has 1 aromatic heterocycles. The molecular weight excluding hydrogens is 377 g/mol. The zero-order chi connectivity index (χ0) is 21.0. The summed E-state index contributed by atoms with van der Waals surface area (Å²) in [7, 11) is 0. The predicted octanol–water partition coefficient (Wildman–Crippen LogP) is 2.78. The molecule has 3 rings (SSSR count). The molecule has 1 atom stereocenters. The van der Waals surface area contributed by atoms with Gasteiger partial charge in [0.25, 0.3) is 5.91 Å². The number of amides is 1. The maximum atomic E-state index is 13.3. The Morgan fingerprint density at radius 2 is 2.00 bits per heavy atom. The topological polar surface area (TPSA) is 92.4 Å². The molecule has 1 aliphatic rings. The van der Waals surface area contributed by atoms with Crippen LogP contribution in [0, 0.1) is 11.2 Å². The van der Waals surface area contributed by atoms with Gasteiger partial charge in [0.15, 0.2) is 5.78 Å². The molecular formula is C21H24FN3O4. The number of ketones is 1. The minimum atomic E-state index is -0.912. The van der Waals surface area contributed by atoms with Crippen molar-refractivity contribution in [1.82, 2.24) is 15.1 Å². The highest BCUT2D eigenvalue weighted by Gasteiger charge is 2.45. The van der Waals surface area contributed by atoms with Crippen LogP contribution < -0.4 is 0 Å². The second kappa shape index (κ2) is 8.55. The Labute approximate surface area is 168 Å². The molecule has 1 aromatic carbocycles. The summed E-state index contributed by atoms with van der Waals surface area (Å²) in [6.07, 6.45) is 1.53. The third-order valence-electron chi connectivity index (χ3n) is 5.20. The smallest absolute Gasteiger partial charge is 0.314 e. The van der Waals surface area contributed by atoms with Gasteiger partial charge in [-0.1, -0.05) is 12.1 Å². The number of likely N-dealkylation sites (tertiary alicyclic amines) is 1. The summed E-state index contributed by atoms with van der Waals surface area (Å²) in [5.74, 6) is -1.27. The maximum absolute atomic E-state index is 13.3. The summed E-state index contributed by atoms with van der Waals surface area (Å²) in [4.78, 5) is 38.9. The highest BCUT2D eigenvalue weighted by Crippen LogP contribution is 2.36. The molecule has 1 fully saturated rings. The van der Waals surface area contributed by atoms with E-state index in [1.165, 1.54) is 25.1 Å². The normalized spacial score (nSPS) is 19.1. The first-order chi connectivity index (χ1) is 13.8. The Balaban J connectivity index is 1.85. The molecule has 2 heterocycles. The average molecular weight is 401 g/mol.